The minimum absolute atomic E-state index is 0.0380. The lowest BCUT2D eigenvalue weighted by molar-refractivity contribution is 0.136. The number of benzene rings is 1. The zero-order chi connectivity index (χ0) is 13.8. The number of aliphatic hydroxyl groups excluding tert-OH is 1. The van der Waals surface area contributed by atoms with Crippen LogP contribution in [-0.4, -0.2) is 35.7 Å². The molecule has 1 saturated heterocycles. The molecule has 4 heteroatoms. The van der Waals surface area contributed by atoms with Crippen LogP contribution in [0, 0.1) is 5.92 Å². The highest BCUT2D eigenvalue weighted by molar-refractivity contribution is 6.31. The number of halogens is 1. The van der Waals surface area contributed by atoms with Gasteiger partial charge in [-0.1, -0.05) is 36.7 Å². The van der Waals surface area contributed by atoms with E-state index < -0.39 is 0 Å². The largest absolute Gasteiger partial charge is 0.395 e. The van der Waals surface area contributed by atoms with E-state index in [-0.39, 0.29) is 12.6 Å². The molecule has 0 saturated carbocycles. The number of nitrogens with zero attached hydrogens (tertiary/aromatic N) is 1. The Balaban J connectivity index is 1.90. The van der Waals surface area contributed by atoms with Crippen LogP contribution in [0.4, 0.5) is 0 Å². The highest BCUT2D eigenvalue weighted by Crippen LogP contribution is 2.27. The van der Waals surface area contributed by atoms with E-state index >= 15 is 0 Å². The van der Waals surface area contributed by atoms with Crippen LogP contribution in [0.25, 0.3) is 0 Å². The molecular weight excluding hydrogens is 260 g/mol. The van der Waals surface area contributed by atoms with E-state index in [0.29, 0.717) is 12.0 Å². The molecular formula is C15H23ClN2O. The van der Waals surface area contributed by atoms with Gasteiger partial charge in [0.25, 0.3) is 0 Å². The molecule has 0 spiro atoms. The van der Waals surface area contributed by atoms with Crippen LogP contribution in [-0.2, 0) is 0 Å². The van der Waals surface area contributed by atoms with Gasteiger partial charge < -0.3 is 10.8 Å². The zero-order valence-corrected chi connectivity index (χ0v) is 12.2. The van der Waals surface area contributed by atoms with Crippen molar-refractivity contribution >= 4 is 11.6 Å². The highest BCUT2D eigenvalue weighted by atomic mass is 35.5. The monoisotopic (exact) mass is 282 g/mol. The van der Waals surface area contributed by atoms with E-state index in [9.17, 15) is 5.11 Å². The SMILES string of the molecule is CC1CCN(CCC(N)c2ccccc2Cl)C1CO. The molecule has 2 rings (SSSR count). The molecule has 1 heterocycles. The van der Waals surface area contributed by atoms with Crippen molar-refractivity contribution in [2.75, 3.05) is 19.7 Å². The van der Waals surface area contributed by atoms with Crippen molar-refractivity contribution in [2.45, 2.75) is 31.8 Å². The molecule has 0 amide bonds. The molecule has 1 aromatic carbocycles. The number of hydrogen-bond donors (Lipinski definition) is 2. The molecule has 0 bridgehead atoms. The van der Waals surface area contributed by atoms with Crippen LogP contribution in [0.2, 0.25) is 5.02 Å². The quantitative estimate of drug-likeness (QED) is 0.872. The van der Waals surface area contributed by atoms with Crippen molar-refractivity contribution in [3.8, 4) is 0 Å². The third-order valence-corrected chi connectivity index (χ3v) is 4.56. The summed E-state index contributed by atoms with van der Waals surface area (Å²) in [5.41, 5.74) is 7.23. The maximum absolute atomic E-state index is 9.44. The molecule has 1 aliphatic heterocycles. The van der Waals surface area contributed by atoms with Crippen LogP contribution >= 0.6 is 11.6 Å². The maximum Gasteiger partial charge on any atom is 0.0589 e. The Kier molecular flexibility index (Phi) is 5.22. The first-order chi connectivity index (χ1) is 9.13. The molecule has 0 radical (unpaired) electrons. The van der Waals surface area contributed by atoms with Gasteiger partial charge in [-0.25, -0.2) is 0 Å². The average Bonchev–Trinajstić information content (AvgIpc) is 2.77. The van der Waals surface area contributed by atoms with Crippen LogP contribution in [0.3, 0.4) is 0 Å². The number of rotatable bonds is 5. The predicted octanol–water partition coefficient (Wildman–Crippen LogP) is 2.43. The van der Waals surface area contributed by atoms with Gasteiger partial charge in [0.2, 0.25) is 0 Å². The fraction of sp³-hybridized carbons (Fsp3) is 0.600. The Morgan fingerprint density at radius 1 is 1.47 bits per heavy atom. The Morgan fingerprint density at radius 3 is 2.89 bits per heavy atom. The van der Waals surface area contributed by atoms with Crippen molar-refractivity contribution in [2.24, 2.45) is 11.7 Å². The van der Waals surface area contributed by atoms with Crippen molar-refractivity contribution < 1.29 is 5.11 Å². The van der Waals surface area contributed by atoms with Crippen molar-refractivity contribution in [1.82, 2.24) is 4.90 Å². The minimum atomic E-state index is -0.0380. The summed E-state index contributed by atoms with van der Waals surface area (Å²) in [6.07, 6.45) is 2.03. The molecule has 3 N–H and O–H groups in total. The third kappa shape index (κ3) is 3.48. The summed E-state index contributed by atoms with van der Waals surface area (Å²) in [7, 11) is 0. The first kappa shape index (κ1) is 14.8. The fourth-order valence-corrected chi connectivity index (χ4v) is 3.17. The molecule has 106 valence electrons. The van der Waals surface area contributed by atoms with Gasteiger partial charge in [0.1, 0.15) is 0 Å². The number of nitrogens with two attached hydrogens (primary N) is 1. The summed E-state index contributed by atoms with van der Waals surface area (Å²) in [6.45, 7) is 4.42. The second-order valence-corrected chi connectivity index (χ2v) is 5.88. The van der Waals surface area contributed by atoms with Crippen LogP contribution in [0.15, 0.2) is 24.3 Å². The zero-order valence-electron chi connectivity index (χ0n) is 11.4. The second-order valence-electron chi connectivity index (χ2n) is 5.47. The Bertz CT molecular complexity index is 413. The van der Waals surface area contributed by atoms with Gasteiger partial charge in [0.05, 0.1) is 6.61 Å². The molecule has 0 aromatic heterocycles. The van der Waals surface area contributed by atoms with Gasteiger partial charge in [-0.15, -0.1) is 0 Å². The molecule has 1 fully saturated rings. The van der Waals surface area contributed by atoms with E-state index in [2.05, 4.69) is 11.8 Å². The highest BCUT2D eigenvalue weighted by Gasteiger charge is 2.30. The van der Waals surface area contributed by atoms with Gasteiger partial charge in [-0.3, -0.25) is 4.90 Å². The summed E-state index contributed by atoms with van der Waals surface area (Å²) >= 11 is 6.16. The van der Waals surface area contributed by atoms with E-state index in [1.54, 1.807) is 0 Å². The van der Waals surface area contributed by atoms with Crippen molar-refractivity contribution in [1.29, 1.82) is 0 Å². The summed E-state index contributed by atoms with van der Waals surface area (Å²) in [5, 5.41) is 10.2. The van der Waals surface area contributed by atoms with Crippen molar-refractivity contribution in [3.63, 3.8) is 0 Å². The van der Waals surface area contributed by atoms with Gasteiger partial charge in [0.15, 0.2) is 0 Å². The Morgan fingerprint density at radius 2 is 2.21 bits per heavy atom. The van der Waals surface area contributed by atoms with Gasteiger partial charge >= 0.3 is 0 Å². The lowest BCUT2D eigenvalue weighted by Gasteiger charge is -2.26. The van der Waals surface area contributed by atoms with E-state index in [4.69, 9.17) is 17.3 Å². The van der Waals surface area contributed by atoms with E-state index in [1.807, 2.05) is 24.3 Å². The maximum atomic E-state index is 9.44. The summed E-state index contributed by atoms with van der Waals surface area (Å²) in [6, 6.07) is 8.01. The third-order valence-electron chi connectivity index (χ3n) is 4.22. The van der Waals surface area contributed by atoms with Gasteiger partial charge in [-0.05, 0) is 36.9 Å². The van der Waals surface area contributed by atoms with E-state index in [1.165, 1.54) is 0 Å². The molecule has 1 aliphatic rings. The topological polar surface area (TPSA) is 49.5 Å². The lowest BCUT2D eigenvalue weighted by atomic mass is 10.0. The molecule has 19 heavy (non-hydrogen) atoms. The fourth-order valence-electron chi connectivity index (χ4n) is 2.90. The van der Waals surface area contributed by atoms with Crippen molar-refractivity contribution in [3.05, 3.63) is 34.9 Å². The number of aliphatic hydroxyl groups is 1. The van der Waals surface area contributed by atoms with Gasteiger partial charge in [-0.2, -0.15) is 0 Å². The van der Waals surface area contributed by atoms with Crippen LogP contribution < -0.4 is 5.73 Å². The smallest absolute Gasteiger partial charge is 0.0589 e. The normalized spacial score (nSPS) is 25.7. The molecule has 3 unspecified atom stereocenters. The molecule has 1 aromatic rings. The predicted molar refractivity (Wildman–Crippen MR) is 79.2 cm³/mol. The first-order valence-corrected chi connectivity index (χ1v) is 7.36. The number of likely N-dealkylation sites (tertiary alicyclic amines) is 1. The van der Waals surface area contributed by atoms with Crippen LogP contribution in [0.5, 0.6) is 0 Å². The first-order valence-electron chi connectivity index (χ1n) is 6.98. The average molecular weight is 283 g/mol. The molecule has 3 nitrogen and oxygen atoms in total. The Labute approximate surface area is 120 Å². The second kappa shape index (κ2) is 6.71. The van der Waals surface area contributed by atoms with Crippen LogP contribution in [0.1, 0.15) is 31.4 Å². The van der Waals surface area contributed by atoms with E-state index in [0.717, 1.165) is 36.5 Å². The minimum Gasteiger partial charge on any atom is -0.395 e. The molecule has 0 aliphatic carbocycles. The summed E-state index contributed by atoms with van der Waals surface area (Å²) in [4.78, 5) is 2.35. The Hall–Kier alpha value is -0.610. The standard InChI is InChI=1S/C15H23ClN2O/c1-11-6-8-18(15(11)10-19)9-7-14(17)12-4-2-3-5-13(12)16/h2-5,11,14-15,19H,6-10,17H2,1H3. The summed E-state index contributed by atoms with van der Waals surface area (Å²) < 4.78 is 0. The van der Waals surface area contributed by atoms with Gasteiger partial charge in [0, 0.05) is 23.7 Å². The number of hydrogen-bond acceptors (Lipinski definition) is 3. The lowest BCUT2D eigenvalue weighted by Crippen LogP contribution is -2.36. The molecule has 3 atom stereocenters. The summed E-state index contributed by atoms with van der Waals surface area (Å²) in [5.74, 6) is 0.571.